The summed E-state index contributed by atoms with van der Waals surface area (Å²) in [6.45, 7) is 8.64. The number of benzene rings is 1. The summed E-state index contributed by atoms with van der Waals surface area (Å²) in [5.74, 6) is 0.799. The van der Waals surface area contributed by atoms with E-state index in [2.05, 4.69) is 49.3 Å². The van der Waals surface area contributed by atoms with E-state index in [-0.39, 0.29) is 17.5 Å². The van der Waals surface area contributed by atoms with Crippen LogP contribution >= 0.6 is 0 Å². The number of carbonyl (C=O) groups is 1. The minimum Gasteiger partial charge on any atom is -0.356 e. The first-order chi connectivity index (χ1) is 18.1. The van der Waals surface area contributed by atoms with Crippen LogP contribution in [0.5, 0.6) is 0 Å². The van der Waals surface area contributed by atoms with Crippen molar-refractivity contribution in [3.05, 3.63) is 60.3 Å². The smallest absolute Gasteiger partial charge is 0.255 e. The Balaban J connectivity index is 1.37. The number of nitrogens with one attached hydrogen (secondary N) is 2. The zero-order valence-electron chi connectivity index (χ0n) is 20.8. The number of hydrogen-bond acceptors (Lipinski definition) is 9. The molecule has 1 saturated heterocycles. The Bertz CT molecular complexity index is 1400. The lowest BCUT2D eigenvalue weighted by Gasteiger charge is -2.27. The Hall–Kier alpha value is -4.25. The van der Waals surface area contributed by atoms with E-state index in [1.54, 1.807) is 41.4 Å². The van der Waals surface area contributed by atoms with Gasteiger partial charge in [0.25, 0.3) is 5.91 Å². The molecule has 4 aromatic rings. The second-order valence-electron chi connectivity index (χ2n) is 8.59. The zero-order valence-corrected chi connectivity index (χ0v) is 20.8. The van der Waals surface area contributed by atoms with Crippen LogP contribution in [0.4, 0.5) is 22.0 Å². The fourth-order valence-corrected chi connectivity index (χ4v) is 4.24. The van der Waals surface area contributed by atoms with Crippen molar-refractivity contribution in [3.8, 4) is 11.3 Å². The lowest BCUT2D eigenvalue weighted by molar-refractivity contribution is 0.0735. The number of aromatic nitrogens is 5. The molecule has 1 fully saturated rings. The van der Waals surface area contributed by atoms with Crippen molar-refractivity contribution < 1.29 is 9.18 Å². The summed E-state index contributed by atoms with van der Waals surface area (Å²) < 4.78 is 14.8. The maximum absolute atomic E-state index is 14.8. The highest BCUT2D eigenvalue weighted by molar-refractivity contribution is 5.94. The largest absolute Gasteiger partial charge is 0.356 e. The van der Waals surface area contributed by atoms with Gasteiger partial charge in [0.1, 0.15) is 17.3 Å². The van der Waals surface area contributed by atoms with Crippen molar-refractivity contribution in [1.29, 1.82) is 0 Å². The molecular formula is C26H28FN9O. The first kappa shape index (κ1) is 24.4. The van der Waals surface area contributed by atoms with Gasteiger partial charge in [0.2, 0.25) is 5.95 Å². The Kier molecular flexibility index (Phi) is 7.13. The number of nitrogens with zero attached hydrogens (tertiary/aromatic N) is 7. The molecule has 0 unspecified atom stereocenters. The van der Waals surface area contributed by atoms with Crippen LogP contribution in [0, 0.1) is 5.82 Å². The fourth-order valence-electron chi connectivity index (χ4n) is 4.24. The molecule has 37 heavy (non-hydrogen) atoms. The number of anilines is 3. The molecule has 1 aliphatic rings. The number of carbonyl (C=O) groups excluding carboxylic acids is 1. The van der Waals surface area contributed by atoms with Crippen LogP contribution in [0.3, 0.4) is 0 Å². The molecule has 190 valence electrons. The van der Waals surface area contributed by atoms with Gasteiger partial charge in [0.05, 0.1) is 29.0 Å². The number of rotatable bonds is 7. The summed E-state index contributed by atoms with van der Waals surface area (Å²) in [7, 11) is 0. The highest BCUT2D eigenvalue weighted by Crippen LogP contribution is 2.26. The summed E-state index contributed by atoms with van der Waals surface area (Å²) >= 11 is 0. The van der Waals surface area contributed by atoms with Crippen LogP contribution in [-0.2, 0) is 0 Å². The van der Waals surface area contributed by atoms with Crippen LogP contribution in [0.1, 0.15) is 24.2 Å². The average molecular weight is 502 g/mol. The van der Waals surface area contributed by atoms with Gasteiger partial charge in [-0.1, -0.05) is 6.07 Å². The van der Waals surface area contributed by atoms with Crippen LogP contribution in [0.25, 0.3) is 22.3 Å². The minimum absolute atomic E-state index is 0.0515. The van der Waals surface area contributed by atoms with Gasteiger partial charge in [-0.05, 0) is 38.1 Å². The van der Waals surface area contributed by atoms with E-state index in [0.717, 1.165) is 38.2 Å². The van der Waals surface area contributed by atoms with E-state index in [4.69, 9.17) is 4.98 Å². The van der Waals surface area contributed by atoms with Crippen molar-refractivity contribution in [1.82, 2.24) is 35.1 Å². The Morgan fingerprint density at radius 2 is 1.81 bits per heavy atom. The molecule has 0 spiro atoms. The molecule has 0 saturated carbocycles. The van der Waals surface area contributed by atoms with Gasteiger partial charge in [-0.25, -0.2) is 24.3 Å². The van der Waals surface area contributed by atoms with E-state index in [1.807, 2.05) is 0 Å². The molecule has 10 nitrogen and oxygen atoms in total. The monoisotopic (exact) mass is 501 g/mol. The number of halogens is 1. The highest BCUT2D eigenvalue weighted by Gasteiger charge is 2.18. The van der Waals surface area contributed by atoms with Crippen LogP contribution in [0.2, 0.25) is 0 Å². The minimum atomic E-state index is -0.553. The molecule has 0 radical (unpaired) electrons. The molecule has 2 N–H and O–H groups in total. The molecule has 1 amide bonds. The van der Waals surface area contributed by atoms with Gasteiger partial charge in [-0.15, -0.1) is 0 Å². The Labute approximate surface area is 214 Å². The first-order valence-corrected chi connectivity index (χ1v) is 12.3. The Morgan fingerprint density at radius 1 is 1.00 bits per heavy atom. The van der Waals surface area contributed by atoms with Crippen molar-refractivity contribution in [2.24, 2.45) is 0 Å². The number of fused-ring (bicyclic) bond motifs is 1. The molecule has 0 aliphatic carbocycles. The third-order valence-corrected chi connectivity index (χ3v) is 6.29. The molecule has 3 aromatic heterocycles. The second-order valence-corrected chi connectivity index (χ2v) is 8.59. The number of piperazine rings is 1. The van der Waals surface area contributed by atoms with Crippen LogP contribution in [-0.4, -0.2) is 75.0 Å². The molecule has 0 atom stereocenters. The summed E-state index contributed by atoms with van der Waals surface area (Å²) in [6.07, 6.45) is 4.39. The third kappa shape index (κ3) is 5.31. The van der Waals surface area contributed by atoms with Gasteiger partial charge in [0, 0.05) is 51.0 Å². The maximum Gasteiger partial charge on any atom is 0.255 e. The van der Waals surface area contributed by atoms with Crippen LogP contribution in [0.15, 0.2) is 48.9 Å². The quantitative estimate of drug-likeness (QED) is 0.394. The predicted molar refractivity (Wildman–Crippen MR) is 140 cm³/mol. The first-order valence-electron chi connectivity index (χ1n) is 12.3. The normalized spacial score (nSPS) is 13.5. The Morgan fingerprint density at radius 3 is 2.54 bits per heavy atom. The van der Waals surface area contributed by atoms with Gasteiger partial charge < -0.3 is 20.4 Å². The van der Waals surface area contributed by atoms with Gasteiger partial charge >= 0.3 is 0 Å². The summed E-state index contributed by atoms with van der Waals surface area (Å²) in [5.41, 5.74) is 2.58. The number of hydrogen-bond donors (Lipinski definition) is 2. The van der Waals surface area contributed by atoms with Crippen LogP contribution < -0.4 is 15.5 Å². The van der Waals surface area contributed by atoms with Crippen molar-refractivity contribution in [2.45, 2.75) is 13.8 Å². The molecule has 11 heteroatoms. The van der Waals surface area contributed by atoms with Crippen molar-refractivity contribution in [2.75, 3.05) is 49.5 Å². The van der Waals surface area contributed by atoms with E-state index < -0.39 is 5.82 Å². The van der Waals surface area contributed by atoms with Crippen molar-refractivity contribution >= 4 is 34.5 Å². The maximum atomic E-state index is 14.8. The van der Waals surface area contributed by atoms with E-state index in [9.17, 15) is 9.18 Å². The van der Waals surface area contributed by atoms with Gasteiger partial charge in [-0.3, -0.25) is 9.78 Å². The predicted octanol–water partition coefficient (Wildman–Crippen LogP) is 3.26. The summed E-state index contributed by atoms with van der Waals surface area (Å²) in [4.78, 5) is 38.5. The number of pyridine rings is 1. The lowest BCUT2D eigenvalue weighted by Crippen LogP contribution is -2.46. The highest BCUT2D eigenvalue weighted by atomic mass is 19.1. The average Bonchev–Trinajstić information content (AvgIpc) is 2.95. The lowest BCUT2D eigenvalue weighted by atomic mass is 10.1. The molecular weight excluding hydrogens is 473 g/mol. The molecule has 5 rings (SSSR count). The third-order valence-electron chi connectivity index (χ3n) is 6.29. The molecule has 1 aliphatic heterocycles. The number of amides is 1. The summed E-state index contributed by atoms with van der Waals surface area (Å²) in [6, 6.07) is 8.73. The zero-order chi connectivity index (χ0) is 25.8. The topological polar surface area (TPSA) is 112 Å². The standard InChI is InChI=1S/C26H28FN9O/c1-3-35(4-2)23-16-29-20-7-5-17(13-21(20)32-23)24-19(27)15-31-26(34-24)33-22-8-6-18(14-30-22)25(37)36-11-9-28-10-12-36/h5-8,13-16,28H,3-4,9-12H2,1-2H3,(H,30,31,33,34). The SMILES string of the molecule is CCN(CC)c1cnc2ccc(-c3nc(Nc4ccc(C(=O)N5CCNCC5)cn4)ncc3F)cc2n1. The van der Waals surface area contributed by atoms with E-state index in [0.29, 0.717) is 41.1 Å². The van der Waals surface area contributed by atoms with Gasteiger partial charge in [-0.2, -0.15) is 0 Å². The van der Waals surface area contributed by atoms with Crippen molar-refractivity contribution in [3.63, 3.8) is 0 Å². The molecule has 0 bridgehead atoms. The molecule has 4 heterocycles. The molecule has 1 aromatic carbocycles. The fraction of sp³-hybridized carbons (Fsp3) is 0.308. The second kappa shape index (κ2) is 10.8. The van der Waals surface area contributed by atoms with E-state index >= 15 is 0 Å². The summed E-state index contributed by atoms with van der Waals surface area (Å²) in [5, 5.41) is 6.22. The van der Waals surface area contributed by atoms with Gasteiger partial charge in [0.15, 0.2) is 5.82 Å². The van der Waals surface area contributed by atoms with E-state index in [1.165, 1.54) is 6.20 Å².